The van der Waals surface area contributed by atoms with Gasteiger partial charge in [-0.15, -0.1) is 0 Å². The van der Waals surface area contributed by atoms with Crippen molar-refractivity contribution >= 4 is 56.2 Å². The lowest BCUT2D eigenvalue weighted by atomic mass is 10.1. The molecular weight excluding hydrogens is 534 g/mol. The molecule has 3 N–H and O–H groups in total. The Kier molecular flexibility index (Phi) is 6.90. The number of fused-ring (bicyclic) bond motifs is 1. The number of nitrogens with one attached hydrogen (secondary N) is 1. The fourth-order valence-electron chi connectivity index (χ4n) is 4.17. The van der Waals surface area contributed by atoms with Crippen molar-refractivity contribution in [3.05, 3.63) is 68.8 Å². The fourth-order valence-corrected chi connectivity index (χ4v) is 4.70. The maximum Gasteiger partial charge on any atom is 0.250 e. The molecule has 1 aromatic heterocycles. The minimum absolute atomic E-state index is 0.0368. The van der Waals surface area contributed by atoms with Gasteiger partial charge in [0.1, 0.15) is 24.2 Å². The summed E-state index contributed by atoms with van der Waals surface area (Å²) in [6.45, 7) is 0.144. The third-order valence-electron chi connectivity index (χ3n) is 5.85. The summed E-state index contributed by atoms with van der Waals surface area (Å²) in [6, 6.07) is 6.47. The van der Waals surface area contributed by atoms with Crippen molar-refractivity contribution in [2.75, 3.05) is 6.54 Å². The minimum Gasteiger partial charge on any atom is -0.366 e. The van der Waals surface area contributed by atoms with Crippen LogP contribution in [0.15, 0.2) is 41.0 Å². The molecule has 0 spiro atoms. The first-order valence-corrected chi connectivity index (χ1v) is 11.6. The smallest absolute Gasteiger partial charge is 0.250 e. The van der Waals surface area contributed by atoms with Gasteiger partial charge in [0.05, 0.1) is 20.6 Å². The number of hydrogen-bond donors (Lipinski definition) is 2. The molecule has 4 rings (SSSR count). The minimum atomic E-state index is -0.746. The zero-order valence-corrected chi connectivity index (χ0v) is 20.1. The zero-order chi connectivity index (χ0) is 24.6. The topological polar surface area (TPSA) is 97.4 Å². The molecular formula is C23H20BrClF2N4O3. The van der Waals surface area contributed by atoms with Crippen LogP contribution in [0.2, 0.25) is 5.02 Å². The fraction of sp³-hybridized carbons (Fsp3) is 0.261. The molecule has 1 atom stereocenters. The first-order chi connectivity index (χ1) is 16.2. The molecule has 3 aromatic rings. The van der Waals surface area contributed by atoms with E-state index in [-0.39, 0.29) is 39.6 Å². The first-order valence-electron chi connectivity index (χ1n) is 10.4. The molecule has 11 heteroatoms. The average molecular weight is 554 g/mol. The van der Waals surface area contributed by atoms with E-state index in [2.05, 4.69) is 21.2 Å². The van der Waals surface area contributed by atoms with Crippen molar-refractivity contribution in [2.45, 2.75) is 32.0 Å². The molecule has 3 amide bonds. The van der Waals surface area contributed by atoms with Gasteiger partial charge in [-0.1, -0.05) is 23.7 Å². The van der Waals surface area contributed by atoms with Gasteiger partial charge in [0, 0.05) is 30.2 Å². The lowest BCUT2D eigenvalue weighted by molar-refractivity contribution is -0.138. The summed E-state index contributed by atoms with van der Waals surface area (Å²) in [4.78, 5) is 39.2. The molecule has 0 radical (unpaired) electrons. The number of halogens is 4. The Morgan fingerprint density at radius 2 is 2.00 bits per heavy atom. The monoisotopic (exact) mass is 552 g/mol. The molecule has 0 unspecified atom stereocenters. The Bertz CT molecular complexity index is 1310. The standard InChI is InChI=1S/C23H20BrClF2N4O3/c24-15-8-19-13(7-17(15)26)14(22(28)33)10-30(19)11-20(32)31-6-2-5-18(31)23(34)29-9-12-3-1-4-16(25)21(12)27/h1,3-4,7-8,10,18H,2,5-6,9,11H2,(H2,28,33)(H,29,34)/t18-/m0/s1. The van der Waals surface area contributed by atoms with Crippen molar-refractivity contribution in [1.82, 2.24) is 14.8 Å². The van der Waals surface area contributed by atoms with Gasteiger partial charge in [-0.3, -0.25) is 14.4 Å². The molecule has 7 nitrogen and oxygen atoms in total. The Balaban J connectivity index is 1.51. The van der Waals surface area contributed by atoms with E-state index in [1.165, 1.54) is 39.9 Å². The highest BCUT2D eigenvalue weighted by molar-refractivity contribution is 9.10. The SMILES string of the molecule is NC(=O)c1cn(CC(=O)N2CCC[C@H]2C(=O)NCc2cccc(Cl)c2F)c2cc(Br)c(F)cc12. The van der Waals surface area contributed by atoms with Crippen LogP contribution in [0.3, 0.4) is 0 Å². The summed E-state index contributed by atoms with van der Waals surface area (Å²) in [6.07, 6.45) is 2.50. The van der Waals surface area contributed by atoms with E-state index >= 15 is 0 Å². The molecule has 2 aromatic carbocycles. The summed E-state index contributed by atoms with van der Waals surface area (Å²) in [5, 5.41) is 2.93. The van der Waals surface area contributed by atoms with Crippen molar-refractivity contribution in [2.24, 2.45) is 5.73 Å². The van der Waals surface area contributed by atoms with Gasteiger partial charge in [0.15, 0.2) is 0 Å². The number of rotatable bonds is 6. The Labute approximate surface area is 207 Å². The van der Waals surface area contributed by atoms with E-state index < -0.39 is 29.5 Å². The number of benzene rings is 2. The third kappa shape index (κ3) is 4.65. The number of carbonyl (C=O) groups is 3. The van der Waals surface area contributed by atoms with Gasteiger partial charge in [-0.25, -0.2) is 8.78 Å². The third-order valence-corrected chi connectivity index (χ3v) is 6.75. The van der Waals surface area contributed by atoms with E-state index in [0.717, 1.165) is 0 Å². The molecule has 0 aliphatic carbocycles. The molecule has 1 aliphatic heterocycles. The Morgan fingerprint density at radius 3 is 2.74 bits per heavy atom. The normalized spacial score (nSPS) is 15.6. The van der Waals surface area contributed by atoms with E-state index in [9.17, 15) is 23.2 Å². The second kappa shape index (κ2) is 9.71. The van der Waals surface area contributed by atoms with Crippen LogP contribution < -0.4 is 11.1 Å². The number of carbonyl (C=O) groups excluding carboxylic acids is 3. The average Bonchev–Trinajstić information content (AvgIpc) is 3.41. The second-order valence-corrected chi connectivity index (χ2v) is 9.26. The summed E-state index contributed by atoms with van der Waals surface area (Å²) >= 11 is 8.90. The van der Waals surface area contributed by atoms with Crippen molar-refractivity contribution in [3.63, 3.8) is 0 Å². The number of nitrogens with two attached hydrogens (primary N) is 1. The molecule has 0 bridgehead atoms. The van der Waals surface area contributed by atoms with Gasteiger partial charge in [-0.2, -0.15) is 0 Å². The van der Waals surface area contributed by atoms with E-state index in [1.807, 2.05) is 0 Å². The number of amides is 3. The van der Waals surface area contributed by atoms with Gasteiger partial charge in [-0.05, 0) is 47.0 Å². The molecule has 1 aliphatic rings. The molecule has 34 heavy (non-hydrogen) atoms. The lowest BCUT2D eigenvalue weighted by Crippen LogP contribution is -2.46. The van der Waals surface area contributed by atoms with E-state index in [0.29, 0.717) is 30.3 Å². The van der Waals surface area contributed by atoms with Gasteiger partial charge in [0.2, 0.25) is 11.8 Å². The second-order valence-electron chi connectivity index (χ2n) is 7.99. The predicted molar refractivity (Wildman–Crippen MR) is 126 cm³/mol. The summed E-state index contributed by atoms with van der Waals surface area (Å²) < 4.78 is 29.8. The predicted octanol–water partition coefficient (Wildman–Crippen LogP) is 3.74. The summed E-state index contributed by atoms with van der Waals surface area (Å²) in [7, 11) is 0. The number of primary amides is 1. The quantitative estimate of drug-likeness (QED) is 0.487. The molecule has 178 valence electrons. The van der Waals surface area contributed by atoms with Crippen molar-refractivity contribution in [3.8, 4) is 0 Å². The Morgan fingerprint density at radius 1 is 1.24 bits per heavy atom. The largest absolute Gasteiger partial charge is 0.366 e. The molecule has 1 saturated heterocycles. The number of aromatic nitrogens is 1. The van der Waals surface area contributed by atoms with Gasteiger partial charge >= 0.3 is 0 Å². The number of likely N-dealkylation sites (tertiary alicyclic amines) is 1. The highest BCUT2D eigenvalue weighted by Crippen LogP contribution is 2.28. The van der Waals surface area contributed by atoms with Crippen LogP contribution in [0.4, 0.5) is 8.78 Å². The van der Waals surface area contributed by atoms with E-state index in [1.54, 1.807) is 6.07 Å². The van der Waals surface area contributed by atoms with Crippen molar-refractivity contribution in [1.29, 1.82) is 0 Å². The van der Waals surface area contributed by atoms with E-state index in [4.69, 9.17) is 17.3 Å². The highest BCUT2D eigenvalue weighted by Gasteiger charge is 2.34. The molecule has 1 fully saturated rings. The number of nitrogens with zero attached hydrogens (tertiary/aromatic N) is 2. The first kappa shape index (κ1) is 24.2. The van der Waals surface area contributed by atoms with Crippen LogP contribution >= 0.6 is 27.5 Å². The van der Waals surface area contributed by atoms with Crippen LogP contribution in [0, 0.1) is 11.6 Å². The molecule has 0 saturated carbocycles. The maximum atomic E-state index is 14.1. The molecule has 2 heterocycles. The number of hydrogen-bond acceptors (Lipinski definition) is 3. The van der Waals surface area contributed by atoms with Crippen LogP contribution in [-0.2, 0) is 22.7 Å². The van der Waals surface area contributed by atoms with Crippen LogP contribution in [0.25, 0.3) is 10.9 Å². The van der Waals surface area contributed by atoms with Gasteiger partial charge in [0.25, 0.3) is 5.91 Å². The van der Waals surface area contributed by atoms with Crippen molar-refractivity contribution < 1.29 is 23.2 Å². The Hall–Kier alpha value is -2.98. The van der Waals surface area contributed by atoms with Crippen LogP contribution in [-0.4, -0.2) is 39.8 Å². The van der Waals surface area contributed by atoms with Crippen LogP contribution in [0.1, 0.15) is 28.8 Å². The summed E-state index contributed by atoms with van der Waals surface area (Å²) in [5.74, 6) is -2.66. The summed E-state index contributed by atoms with van der Waals surface area (Å²) in [5.41, 5.74) is 6.21. The highest BCUT2D eigenvalue weighted by atomic mass is 79.9. The maximum absolute atomic E-state index is 14.1. The lowest BCUT2D eigenvalue weighted by Gasteiger charge is -2.24. The zero-order valence-electron chi connectivity index (χ0n) is 17.8. The van der Waals surface area contributed by atoms with Crippen LogP contribution in [0.5, 0.6) is 0 Å². The van der Waals surface area contributed by atoms with Gasteiger partial charge < -0.3 is 20.5 Å².